The average molecular weight is 835 g/mol. The van der Waals surface area contributed by atoms with Crippen molar-refractivity contribution in [1.29, 1.82) is 0 Å². The third kappa shape index (κ3) is 15.8. The molecule has 2 fully saturated rings. The number of unbranched alkanes of at least 4 members (excludes halogenated alkanes) is 6. The number of nitrogen functional groups attached to an aromatic ring is 2. The van der Waals surface area contributed by atoms with Gasteiger partial charge in [-0.2, -0.15) is 0 Å². The Morgan fingerprint density at radius 3 is 1.56 bits per heavy atom. The number of hydrogen-bond acceptors (Lipinski definition) is 8. The van der Waals surface area contributed by atoms with Crippen LogP contribution in [-0.2, 0) is 9.59 Å². The maximum atomic E-state index is 13.5. The molecule has 0 aliphatic heterocycles. The smallest absolute Gasteiger partial charge is 0.235 e. The summed E-state index contributed by atoms with van der Waals surface area (Å²) in [5.74, 6) is -1.24. The minimum Gasteiger partial charge on any atom is -0.493 e. The van der Waals surface area contributed by atoms with Gasteiger partial charge in [-0.05, 0) is 115 Å². The van der Waals surface area contributed by atoms with Gasteiger partial charge in [0, 0.05) is 17.8 Å². The molecule has 3 aromatic carbocycles. The first-order valence-electron chi connectivity index (χ1n) is 23.5. The predicted octanol–water partition coefficient (Wildman–Crippen LogP) is 11.9. The van der Waals surface area contributed by atoms with Crippen molar-refractivity contribution in [2.24, 2.45) is 23.7 Å². The summed E-state index contributed by atoms with van der Waals surface area (Å²) >= 11 is 0. The summed E-state index contributed by atoms with van der Waals surface area (Å²) in [5, 5.41) is 22.8. The van der Waals surface area contributed by atoms with Crippen LogP contribution in [0.2, 0.25) is 0 Å². The Morgan fingerprint density at radius 2 is 1.10 bits per heavy atom. The second-order valence-electron chi connectivity index (χ2n) is 18.1. The molecule has 0 saturated heterocycles. The molecule has 3 aromatic rings. The molecule has 8 nitrogen and oxygen atoms in total. The number of carbonyl (C=O) groups is 2. The highest BCUT2D eigenvalue weighted by Gasteiger charge is 2.43. The van der Waals surface area contributed by atoms with Gasteiger partial charge in [0.1, 0.15) is 11.5 Å². The van der Waals surface area contributed by atoms with Crippen LogP contribution in [0.1, 0.15) is 158 Å². The minimum atomic E-state index is -2.94. The standard InChI is InChI=1S/C53H74N2O6/c1-3-5-7-9-11-39-13-17-43(18-14-39)37-60-47-29-22-41(23-30-47)21-28-46(56)36-50(49-33-27-45(54)35-51(49)55)53(58,59)52(57)34-26-42-24-31-48(32-25-42)61-38-44-19-15-40(16-20-44)12-10-8-6-4-2/h21-35,39-40,43-44,50,58-59H,3-20,36-38,54-55H2,1-2H3. The van der Waals surface area contributed by atoms with Crippen molar-refractivity contribution in [2.45, 2.75) is 148 Å². The molecule has 2 aliphatic carbocycles. The van der Waals surface area contributed by atoms with Crippen molar-refractivity contribution in [3.8, 4) is 11.5 Å². The van der Waals surface area contributed by atoms with E-state index < -0.39 is 23.3 Å². The lowest BCUT2D eigenvalue weighted by molar-refractivity contribution is -0.187. The van der Waals surface area contributed by atoms with Crippen LogP contribution in [0.3, 0.4) is 0 Å². The first kappa shape index (κ1) is 47.6. The van der Waals surface area contributed by atoms with Crippen molar-refractivity contribution in [2.75, 3.05) is 24.7 Å². The molecule has 1 unspecified atom stereocenters. The Bertz CT molecular complexity index is 1820. The molecule has 2 aliphatic rings. The lowest BCUT2D eigenvalue weighted by atomic mass is 9.80. The van der Waals surface area contributed by atoms with Crippen molar-refractivity contribution < 1.29 is 29.3 Å². The van der Waals surface area contributed by atoms with Crippen LogP contribution in [0.25, 0.3) is 12.2 Å². The summed E-state index contributed by atoms with van der Waals surface area (Å²) < 4.78 is 12.3. The van der Waals surface area contributed by atoms with Crippen LogP contribution in [0, 0.1) is 23.7 Å². The fourth-order valence-corrected chi connectivity index (χ4v) is 9.18. The van der Waals surface area contributed by atoms with E-state index in [0.717, 1.165) is 35.0 Å². The number of hydrogen-bond donors (Lipinski definition) is 4. The average Bonchev–Trinajstić information content (AvgIpc) is 3.27. The molecule has 2 saturated carbocycles. The zero-order valence-corrected chi connectivity index (χ0v) is 37.1. The van der Waals surface area contributed by atoms with Gasteiger partial charge in [-0.25, -0.2) is 0 Å². The highest BCUT2D eigenvalue weighted by molar-refractivity contribution is 6.01. The molecule has 0 heterocycles. The summed E-state index contributed by atoms with van der Waals surface area (Å²) in [7, 11) is 0. The number of allylic oxidation sites excluding steroid dienone is 1. The molecule has 332 valence electrons. The highest BCUT2D eigenvalue weighted by atomic mass is 16.5. The molecule has 0 spiro atoms. The maximum Gasteiger partial charge on any atom is 0.235 e. The predicted molar refractivity (Wildman–Crippen MR) is 250 cm³/mol. The summed E-state index contributed by atoms with van der Waals surface area (Å²) in [4.78, 5) is 26.9. The van der Waals surface area contributed by atoms with Gasteiger partial charge in [-0.1, -0.05) is 146 Å². The van der Waals surface area contributed by atoms with Gasteiger partial charge in [0.25, 0.3) is 0 Å². The SMILES string of the molecule is CCCCCCC1CCC(COc2ccc(C=CC(=O)CC(c3ccc(N)cc3N)C(O)(O)C(=O)C=Cc3ccc(OCC4CCC(CCCCCC)CC4)cc3)cc2)CC1. The lowest BCUT2D eigenvalue weighted by Gasteiger charge is -2.30. The zero-order chi connectivity index (χ0) is 43.5. The summed E-state index contributed by atoms with van der Waals surface area (Å²) in [5.41, 5.74) is 14.5. The van der Waals surface area contributed by atoms with E-state index in [9.17, 15) is 19.8 Å². The first-order valence-corrected chi connectivity index (χ1v) is 23.5. The van der Waals surface area contributed by atoms with E-state index in [1.807, 2.05) is 48.5 Å². The third-order valence-corrected chi connectivity index (χ3v) is 13.2. The minimum absolute atomic E-state index is 0.156. The van der Waals surface area contributed by atoms with E-state index in [-0.39, 0.29) is 17.7 Å². The monoisotopic (exact) mass is 835 g/mol. The van der Waals surface area contributed by atoms with E-state index in [0.29, 0.717) is 36.3 Å². The largest absolute Gasteiger partial charge is 0.493 e. The van der Waals surface area contributed by atoms with Crippen LogP contribution in [0.5, 0.6) is 11.5 Å². The number of ketones is 2. The van der Waals surface area contributed by atoms with Gasteiger partial charge >= 0.3 is 0 Å². The van der Waals surface area contributed by atoms with Crippen LogP contribution in [0.4, 0.5) is 11.4 Å². The topological polar surface area (TPSA) is 145 Å². The van der Waals surface area contributed by atoms with E-state index in [4.69, 9.17) is 20.9 Å². The Morgan fingerprint density at radius 1 is 0.639 bits per heavy atom. The molecule has 1 atom stereocenters. The van der Waals surface area contributed by atoms with E-state index in [1.54, 1.807) is 12.1 Å². The second-order valence-corrected chi connectivity index (χ2v) is 18.1. The first-order chi connectivity index (χ1) is 29.5. The summed E-state index contributed by atoms with van der Waals surface area (Å²) in [6, 6.07) is 19.5. The molecule has 0 amide bonds. The van der Waals surface area contributed by atoms with Gasteiger partial charge in [-0.15, -0.1) is 0 Å². The Kier molecular flexibility index (Phi) is 19.4. The summed E-state index contributed by atoms with van der Waals surface area (Å²) in [6.45, 7) is 5.92. The fourth-order valence-electron chi connectivity index (χ4n) is 9.18. The Labute approximate surface area is 366 Å². The van der Waals surface area contributed by atoms with E-state index in [2.05, 4.69) is 13.8 Å². The Hall–Kier alpha value is -4.40. The van der Waals surface area contributed by atoms with Crippen LogP contribution in [-0.4, -0.2) is 40.8 Å². The number of nitrogens with two attached hydrogens (primary N) is 2. The molecule has 6 N–H and O–H groups in total. The molecular weight excluding hydrogens is 761 g/mol. The normalized spacial score (nSPS) is 20.2. The van der Waals surface area contributed by atoms with Crippen molar-refractivity contribution in [3.05, 3.63) is 95.6 Å². The van der Waals surface area contributed by atoms with Gasteiger partial charge in [0.2, 0.25) is 11.6 Å². The lowest BCUT2D eigenvalue weighted by Crippen LogP contribution is -2.44. The number of ether oxygens (including phenoxy) is 2. The Balaban J connectivity index is 1.11. The van der Waals surface area contributed by atoms with Gasteiger partial charge < -0.3 is 31.2 Å². The number of carbonyl (C=O) groups excluding carboxylic acids is 2. The number of rotatable bonds is 25. The molecule has 5 rings (SSSR count). The fraction of sp³-hybridized carbons (Fsp3) is 0.547. The molecule has 0 bridgehead atoms. The number of aliphatic hydroxyl groups is 2. The zero-order valence-electron chi connectivity index (χ0n) is 37.1. The van der Waals surface area contributed by atoms with Gasteiger partial charge in [0.05, 0.1) is 19.1 Å². The van der Waals surface area contributed by atoms with Crippen molar-refractivity contribution in [1.82, 2.24) is 0 Å². The number of anilines is 2. The van der Waals surface area contributed by atoms with Gasteiger partial charge in [0.15, 0.2) is 5.78 Å². The van der Waals surface area contributed by atoms with Crippen LogP contribution < -0.4 is 20.9 Å². The van der Waals surface area contributed by atoms with Crippen molar-refractivity contribution in [3.63, 3.8) is 0 Å². The number of benzene rings is 3. The van der Waals surface area contributed by atoms with E-state index >= 15 is 0 Å². The molecule has 61 heavy (non-hydrogen) atoms. The van der Waals surface area contributed by atoms with Crippen molar-refractivity contribution >= 4 is 35.1 Å². The summed E-state index contributed by atoms with van der Waals surface area (Å²) in [6.07, 6.45) is 28.7. The van der Waals surface area contributed by atoms with Crippen LogP contribution >= 0.6 is 0 Å². The third-order valence-electron chi connectivity index (χ3n) is 13.2. The molecular formula is C53H74N2O6. The molecule has 8 heteroatoms. The van der Waals surface area contributed by atoms with E-state index in [1.165, 1.54) is 140 Å². The molecule has 0 aromatic heterocycles. The van der Waals surface area contributed by atoms with Crippen LogP contribution in [0.15, 0.2) is 78.9 Å². The maximum absolute atomic E-state index is 13.5. The second kappa shape index (κ2) is 24.9. The molecule has 0 radical (unpaired) electrons. The van der Waals surface area contributed by atoms with Gasteiger partial charge in [-0.3, -0.25) is 9.59 Å². The highest BCUT2D eigenvalue weighted by Crippen LogP contribution is 2.37. The quantitative estimate of drug-likeness (QED) is 0.0286.